The monoisotopic (exact) mass is 357 g/mol. The Bertz CT molecular complexity index is 810. The van der Waals surface area contributed by atoms with Crippen LogP contribution in [-0.2, 0) is 0 Å². The zero-order valence-corrected chi connectivity index (χ0v) is 13.8. The average Bonchev–Trinajstić information content (AvgIpc) is 2.88. The number of para-hydroxylation sites is 1. The van der Waals surface area contributed by atoms with Gasteiger partial charge in [-0.15, -0.1) is 14.8 Å². The van der Waals surface area contributed by atoms with Gasteiger partial charge in [0, 0.05) is 13.8 Å². The second-order valence-corrected chi connectivity index (χ2v) is 5.77. The molecule has 0 aliphatic carbocycles. The predicted molar refractivity (Wildman–Crippen MR) is 71.2 cm³/mol. The van der Waals surface area contributed by atoms with Gasteiger partial charge in [-0.25, -0.2) is 18.6 Å². The SMILES string of the molecule is Cc1nc2ccn(-c3ccccc3)[n+]2c(C)c1Cl.[O-][Cl+3]([O-])([O-])[O-]. The minimum absolute atomic E-state index is 0.711. The van der Waals surface area contributed by atoms with E-state index in [0.29, 0.717) is 5.02 Å². The molecular formula is C14H13Cl2N3O4. The number of halogens is 2. The van der Waals surface area contributed by atoms with Crippen LogP contribution in [0.2, 0.25) is 5.02 Å². The smallest absolute Gasteiger partial charge is 0.222 e. The number of benzene rings is 1. The molecular weight excluding hydrogens is 345 g/mol. The van der Waals surface area contributed by atoms with Gasteiger partial charge in [-0.3, -0.25) is 0 Å². The fourth-order valence-corrected chi connectivity index (χ4v) is 2.28. The van der Waals surface area contributed by atoms with Crippen molar-refractivity contribution < 1.29 is 33.4 Å². The van der Waals surface area contributed by atoms with Gasteiger partial charge in [-0.1, -0.05) is 29.8 Å². The molecule has 3 aromatic rings. The summed E-state index contributed by atoms with van der Waals surface area (Å²) in [5, 5.41) is 0.711. The van der Waals surface area contributed by atoms with Gasteiger partial charge in [0.15, 0.2) is 11.4 Å². The van der Waals surface area contributed by atoms with Crippen LogP contribution < -0.4 is 23.2 Å². The second-order valence-electron chi connectivity index (χ2n) is 4.64. The molecule has 7 nitrogen and oxygen atoms in total. The number of aromatic nitrogens is 3. The summed E-state index contributed by atoms with van der Waals surface area (Å²) in [6.45, 7) is 3.93. The van der Waals surface area contributed by atoms with Gasteiger partial charge in [0.2, 0.25) is 0 Å². The third kappa shape index (κ3) is 4.38. The highest BCUT2D eigenvalue weighted by atomic mass is 35.7. The van der Waals surface area contributed by atoms with Crippen LogP contribution in [0.4, 0.5) is 0 Å². The van der Waals surface area contributed by atoms with Crippen LogP contribution in [0.15, 0.2) is 42.6 Å². The van der Waals surface area contributed by atoms with Crippen LogP contribution in [-0.4, -0.2) is 9.67 Å². The molecule has 0 aliphatic heterocycles. The van der Waals surface area contributed by atoms with E-state index in [-0.39, 0.29) is 0 Å². The lowest BCUT2D eigenvalue weighted by molar-refractivity contribution is -2.00. The molecule has 0 N–H and O–H groups in total. The summed E-state index contributed by atoms with van der Waals surface area (Å²) in [7, 11) is -4.94. The maximum Gasteiger partial charge on any atom is 0.348 e. The molecule has 1 aromatic carbocycles. The lowest BCUT2D eigenvalue weighted by Gasteiger charge is -2.17. The Balaban J connectivity index is 0.000000338. The van der Waals surface area contributed by atoms with Crippen molar-refractivity contribution >= 4 is 17.2 Å². The molecule has 0 bridgehead atoms. The molecule has 0 saturated carbocycles. The fourth-order valence-electron chi connectivity index (χ4n) is 2.16. The van der Waals surface area contributed by atoms with Crippen molar-refractivity contribution in [3.63, 3.8) is 0 Å². The standard InChI is InChI=1S/C14H13ClN3.ClHO4/c1-10-14(15)11(2)18-13(16-10)8-9-17(18)12-6-4-3-5-7-12;2-1(3,4)5/h3-9H,1-2H3;(H,2,3,4,5)/q+1;/p-1. The van der Waals surface area contributed by atoms with E-state index in [1.807, 2.05) is 53.5 Å². The van der Waals surface area contributed by atoms with E-state index in [1.54, 1.807) is 0 Å². The number of fused-ring (bicyclic) bond motifs is 1. The summed E-state index contributed by atoms with van der Waals surface area (Å²) < 4.78 is 38.0. The Morgan fingerprint density at radius 2 is 1.61 bits per heavy atom. The molecule has 0 spiro atoms. The van der Waals surface area contributed by atoms with Gasteiger partial charge in [0.25, 0.3) is 0 Å². The minimum Gasteiger partial charge on any atom is -0.222 e. The molecule has 0 saturated heterocycles. The zero-order valence-electron chi connectivity index (χ0n) is 12.3. The van der Waals surface area contributed by atoms with E-state index in [2.05, 4.69) is 17.1 Å². The quantitative estimate of drug-likeness (QED) is 0.473. The first-order chi connectivity index (χ1) is 10.7. The number of rotatable bonds is 1. The molecule has 3 rings (SSSR count). The van der Waals surface area contributed by atoms with Crippen LogP contribution in [0, 0.1) is 24.1 Å². The molecule has 0 fully saturated rings. The predicted octanol–water partition coefficient (Wildman–Crippen LogP) is -1.87. The van der Waals surface area contributed by atoms with Gasteiger partial charge < -0.3 is 0 Å². The van der Waals surface area contributed by atoms with Crippen LogP contribution in [0.1, 0.15) is 11.4 Å². The maximum absolute atomic E-state index is 8.49. The number of hydrogen-bond donors (Lipinski definition) is 0. The van der Waals surface area contributed by atoms with Gasteiger partial charge in [0.1, 0.15) is 5.02 Å². The van der Waals surface area contributed by atoms with Gasteiger partial charge in [-0.05, 0) is 17.1 Å². The highest BCUT2D eigenvalue weighted by Crippen LogP contribution is 2.17. The first kappa shape index (κ1) is 17.6. The summed E-state index contributed by atoms with van der Waals surface area (Å²) >= 11 is 6.28. The zero-order chi connectivity index (χ0) is 17.2. The molecule has 0 unspecified atom stereocenters. The van der Waals surface area contributed by atoms with Crippen LogP contribution in [0.3, 0.4) is 0 Å². The molecule has 2 aromatic heterocycles. The summed E-state index contributed by atoms with van der Waals surface area (Å²) in [4.78, 5) is 4.49. The summed E-state index contributed by atoms with van der Waals surface area (Å²) in [5.74, 6) is 0. The first-order valence-corrected chi connectivity index (χ1v) is 8.03. The number of aryl methyl sites for hydroxylation is 2. The topological polar surface area (TPSA) is 114 Å². The Hall–Kier alpha value is -1.74. The van der Waals surface area contributed by atoms with Crippen LogP contribution >= 0.6 is 11.6 Å². The summed E-state index contributed by atoms with van der Waals surface area (Å²) in [6.07, 6.45) is 2.00. The molecule has 23 heavy (non-hydrogen) atoms. The molecule has 2 heterocycles. The lowest BCUT2D eigenvalue weighted by atomic mass is 10.3. The van der Waals surface area contributed by atoms with Gasteiger partial charge in [0.05, 0.1) is 18.0 Å². The van der Waals surface area contributed by atoms with Crippen molar-refractivity contribution in [3.8, 4) is 5.69 Å². The molecule has 0 atom stereocenters. The third-order valence-corrected chi connectivity index (χ3v) is 3.60. The van der Waals surface area contributed by atoms with Crippen molar-refractivity contribution in [1.29, 1.82) is 0 Å². The Morgan fingerprint density at radius 1 is 1.04 bits per heavy atom. The van der Waals surface area contributed by atoms with Crippen molar-refractivity contribution in [2.75, 3.05) is 0 Å². The van der Waals surface area contributed by atoms with Gasteiger partial charge >= 0.3 is 5.65 Å². The van der Waals surface area contributed by atoms with E-state index in [1.165, 1.54) is 0 Å². The van der Waals surface area contributed by atoms with E-state index >= 15 is 0 Å². The fraction of sp³-hybridized carbons (Fsp3) is 0.143. The van der Waals surface area contributed by atoms with E-state index < -0.39 is 10.2 Å². The molecule has 122 valence electrons. The highest BCUT2D eigenvalue weighted by Gasteiger charge is 2.19. The summed E-state index contributed by atoms with van der Waals surface area (Å²) in [6, 6.07) is 12.1. The number of hydrogen-bond acceptors (Lipinski definition) is 5. The van der Waals surface area contributed by atoms with Crippen molar-refractivity contribution in [2.45, 2.75) is 13.8 Å². The molecule has 9 heteroatoms. The minimum atomic E-state index is -4.94. The lowest BCUT2D eigenvalue weighted by Crippen LogP contribution is -2.68. The van der Waals surface area contributed by atoms with Gasteiger partial charge in [-0.2, -0.15) is 4.68 Å². The van der Waals surface area contributed by atoms with Crippen LogP contribution in [0.25, 0.3) is 11.3 Å². The van der Waals surface area contributed by atoms with Crippen molar-refractivity contribution in [2.24, 2.45) is 0 Å². The first-order valence-electron chi connectivity index (χ1n) is 6.42. The Labute approximate surface area is 139 Å². The average molecular weight is 358 g/mol. The van der Waals surface area contributed by atoms with Crippen LogP contribution in [0.5, 0.6) is 0 Å². The normalized spacial score (nSPS) is 11.3. The highest BCUT2D eigenvalue weighted by molar-refractivity contribution is 6.31. The molecule has 0 radical (unpaired) electrons. The van der Waals surface area contributed by atoms with Crippen molar-refractivity contribution in [3.05, 3.63) is 59.0 Å². The maximum atomic E-state index is 8.49. The summed E-state index contributed by atoms with van der Waals surface area (Å²) in [5.41, 5.74) is 3.84. The van der Waals surface area contributed by atoms with Crippen molar-refractivity contribution in [1.82, 2.24) is 9.67 Å². The number of nitrogens with zero attached hydrogens (tertiary/aromatic N) is 3. The molecule has 0 aliphatic rings. The third-order valence-electron chi connectivity index (χ3n) is 3.05. The van der Waals surface area contributed by atoms with E-state index in [4.69, 9.17) is 30.2 Å². The Morgan fingerprint density at radius 3 is 2.17 bits per heavy atom. The largest absolute Gasteiger partial charge is 0.348 e. The van der Waals surface area contributed by atoms with E-state index in [9.17, 15) is 0 Å². The molecule has 0 amide bonds. The Kier molecular flexibility index (Phi) is 5.20. The van der Waals surface area contributed by atoms with E-state index in [0.717, 1.165) is 22.7 Å². The second kappa shape index (κ2) is 6.79.